The van der Waals surface area contributed by atoms with Gasteiger partial charge in [0.15, 0.2) is 0 Å². The van der Waals surface area contributed by atoms with E-state index >= 15 is 0 Å². The van der Waals surface area contributed by atoms with Crippen molar-refractivity contribution in [3.05, 3.63) is 0 Å². The molecule has 0 aromatic rings. The summed E-state index contributed by atoms with van der Waals surface area (Å²) in [4.78, 5) is 7.41. The second-order valence-corrected chi connectivity index (χ2v) is 41.0. The molecule has 2 heteroatoms. The molecule has 0 nitrogen and oxygen atoms in total. The van der Waals surface area contributed by atoms with E-state index in [1.54, 1.807) is 0 Å². The summed E-state index contributed by atoms with van der Waals surface area (Å²) in [6.07, 6.45) is 8.57. The summed E-state index contributed by atoms with van der Waals surface area (Å²) in [5.74, 6) is 0. The molecule has 0 aliphatic rings. The van der Waals surface area contributed by atoms with Crippen molar-refractivity contribution in [2.24, 2.45) is 0 Å². The topological polar surface area (TPSA) is 0 Å². The van der Waals surface area contributed by atoms with Crippen LogP contribution in [0.5, 0.6) is 0 Å². The van der Waals surface area contributed by atoms with Crippen molar-refractivity contribution in [2.45, 2.75) is 64.4 Å². The number of halogens is 1. The summed E-state index contributed by atoms with van der Waals surface area (Å²) in [5, 5.41) is 0. The molecule has 82 valence electrons. The maximum absolute atomic E-state index is 3.97. The van der Waals surface area contributed by atoms with Gasteiger partial charge in [-0.05, 0) is 0 Å². The van der Waals surface area contributed by atoms with E-state index in [0.29, 0.717) is 0 Å². The molecule has 0 atom stereocenters. The number of hydrogen-bond acceptors (Lipinski definition) is 0. The Balaban J connectivity index is 3.27. The molecular formula is C11H26BrSb. The maximum atomic E-state index is 3.97. The molecular weight excluding hydrogens is 334 g/mol. The Morgan fingerprint density at radius 3 is 1.77 bits per heavy atom. The number of rotatable bonds is 7. The second kappa shape index (κ2) is 6.01. The Kier molecular flexibility index (Phi) is 6.61. The SMILES string of the molecule is CCCCCCC[CH2][Sb]([CH3])([CH3])([CH3])[Br]. The Labute approximate surface area is 91.6 Å². The van der Waals surface area contributed by atoms with Crippen LogP contribution in [-0.4, -0.2) is 15.1 Å². The van der Waals surface area contributed by atoms with Crippen LogP contribution in [0.3, 0.4) is 0 Å². The van der Waals surface area contributed by atoms with E-state index in [4.69, 9.17) is 0 Å². The van der Waals surface area contributed by atoms with Crippen molar-refractivity contribution in [3.63, 3.8) is 0 Å². The van der Waals surface area contributed by atoms with Gasteiger partial charge in [0.1, 0.15) is 0 Å². The first-order valence-electron chi connectivity index (χ1n) is 5.53. The molecule has 0 rings (SSSR count). The molecule has 0 aromatic carbocycles. The fourth-order valence-corrected chi connectivity index (χ4v) is 6.80. The van der Waals surface area contributed by atoms with E-state index < -0.39 is 15.1 Å². The molecule has 0 fully saturated rings. The Bertz CT molecular complexity index is 126. The van der Waals surface area contributed by atoms with Gasteiger partial charge >= 0.3 is 92.2 Å². The summed E-state index contributed by atoms with van der Waals surface area (Å²) in [5.41, 5.74) is 0. The van der Waals surface area contributed by atoms with Gasteiger partial charge in [0.2, 0.25) is 0 Å². The van der Waals surface area contributed by atoms with Crippen molar-refractivity contribution in [2.75, 3.05) is 0 Å². The van der Waals surface area contributed by atoms with E-state index in [1.807, 2.05) is 0 Å². The molecule has 0 saturated carbocycles. The Hall–Kier alpha value is 1.30. The van der Waals surface area contributed by atoms with Crippen LogP contribution in [0.4, 0.5) is 0 Å². The first kappa shape index (κ1) is 14.3. The third-order valence-electron chi connectivity index (χ3n) is 2.27. The molecule has 0 heterocycles. The first-order valence-corrected chi connectivity index (χ1v) is 20.7. The van der Waals surface area contributed by atoms with Gasteiger partial charge in [0.25, 0.3) is 0 Å². The normalized spacial score (nSPS) is 15.3. The fraction of sp³-hybridized carbons (Fsp3) is 1.00. The molecule has 0 aliphatic heterocycles. The fourth-order valence-electron chi connectivity index (χ4n) is 1.43. The van der Waals surface area contributed by atoms with Gasteiger partial charge in [-0.1, -0.05) is 0 Å². The molecule has 0 aromatic heterocycles. The van der Waals surface area contributed by atoms with Crippen LogP contribution < -0.4 is 0 Å². The van der Waals surface area contributed by atoms with Crippen LogP contribution >= 0.6 is 12.6 Å². The van der Waals surface area contributed by atoms with Crippen LogP contribution in [-0.2, 0) is 0 Å². The van der Waals surface area contributed by atoms with Crippen LogP contribution in [0.1, 0.15) is 45.4 Å². The summed E-state index contributed by atoms with van der Waals surface area (Å²) in [6, 6.07) is 0. The predicted octanol–water partition coefficient (Wildman–Crippen LogP) is 5.53. The molecule has 0 aliphatic carbocycles. The molecule has 0 amide bonds. The molecule has 0 spiro atoms. The minimum absolute atomic E-state index is 1.36. The Morgan fingerprint density at radius 1 is 0.846 bits per heavy atom. The summed E-state index contributed by atoms with van der Waals surface area (Å²) >= 11 is 1.88. The Morgan fingerprint density at radius 2 is 1.31 bits per heavy atom. The summed E-state index contributed by atoms with van der Waals surface area (Å²) in [6.45, 7) is 2.28. The molecule has 0 radical (unpaired) electrons. The number of hydrogen-bond donors (Lipinski definition) is 0. The zero-order valence-corrected chi connectivity index (χ0v) is 13.9. The average Bonchev–Trinajstić information content (AvgIpc) is 1.93. The summed E-state index contributed by atoms with van der Waals surface area (Å²) in [7, 11) is 0. The quantitative estimate of drug-likeness (QED) is 0.414. The van der Waals surface area contributed by atoms with Gasteiger partial charge in [-0.15, -0.1) is 0 Å². The van der Waals surface area contributed by atoms with Gasteiger partial charge in [-0.2, -0.15) is 0 Å². The van der Waals surface area contributed by atoms with Crippen molar-refractivity contribution in [3.8, 4) is 0 Å². The molecule has 13 heavy (non-hydrogen) atoms. The van der Waals surface area contributed by atoms with Gasteiger partial charge in [0, 0.05) is 0 Å². The molecule has 0 N–H and O–H groups in total. The predicted molar refractivity (Wildman–Crippen MR) is 70.5 cm³/mol. The summed E-state index contributed by atoms with van der Waals surface area (Å²) < 4.78 is 1.47. The third-order valence-corrected chi connectivity index (χ3v) is 9.86. The average molecular weight is 360 g/mol. The zero-order chi connectivity index (χ0) is 10.4. The molecule has 0 saturated heterocycles. The van der Waals surface area contributed by atoms with Crippen LogP contribution in [0.2, 0.25) is 19.0 Å². The minimum atomic E-state index is -2.09. The van der Waals surface area contributed by atoms with Gasteiger partial charge in [-0.3, -0.25) is 0 Å². The van der Waals surface area contributed by atoms with Crippen molar-refractivity contribution in [1.29, 1.82) is 0 Å². The first-order chi connectivity index (χ1) is 5.81. The third kappa shape index (κ3) is 13.3. The van der Waals surface area contributed by atoms with E-state index in [2.05, 4.69) is 34.1 Å². The van der Waals surface area contributed by atoms with E-state index in [0.717, 1.165) is 0 Å². The van der Waals surface area contributed by atoms with Gasteiger partial charge in [0.05, 0.1) is 0 Å². The number of unbranched alkanes of at least 4 members (excludes halogenated alkanes) is 5. The van der Waals surface area contributed by atoms with Gasteiger partial charge < -0.3 is 0 Å². The van der Waals surface area contributed by atoms with Crippen LogP contribution in [0, 0.1) is 0 Å². The van der Waals surface area contributed by atoms with E-state index in [1.165, 1.54) is 42.9 Å². The van der Waals surface area contributed by atoms with Crippen LogP contribution in [0.25, 0.3) is 0 Å². The molecule has 0 bridgehead atoms. The standard InChI is InChI=1S/C8H17.3CH3.BrH.Sb/c1-3-5-7-8-6-4-2;;;;;/h1,3-8H2,2H3;3*1H3;1H;/q;;;;;+1/p-1. The molecule has 0 unspecified atom stereocenters. The van der Waals surface area contributed by atoms with Crippen LogP contribution in [0.15, 0.2) is 0 Å². The zero-order valence-electron chi connectivity index (χ0n) is 9.77. The van der Waals surface area contributed by atoms with Crippen molar-refractivity contribution in [1.82, 2.24) is 0 Å². The van der Waals surface area contributed by atoms with E-state index in [9.17, 15) is 0 Å². The second-order valence-electron chi connectivity index (χ2n) is 5.41. The van der Waals surface area contributed by atoms with Crippen molar-refractivity contribution >= 4 is 27.7 Å². The van der Waals surface area contributed by atoms with Crippen molar-refractivity contribution < 1.29 is 0 Å². The monoisotopic (exact) mass is 358 g/mol. The van der Waals surface area contributed by atoms with Gasteiger partial charge in [-0.25, -0.2) is 0 Å². The van der Waals surface area contributed by atoms with E-state index in [-0.39, 0.29) is 0 Å².